The maximum Gasteiger partial charge on any atom is 0.416 e. The van der Waals surface area contributed by atoms with Crippen LogP contribution in [0.25, 0.3) is 0 Å². The Balaban J connectivity index is 0.000000526. The van der Waals surface area contributed by atoms with Crippen LogP contribution >= 0.6 is 11.6 Å². The molecule has 1 aromatic carbocycles. The first kappa shape index (κ1) is 32.0. The number of aliphatic imine (C=N–C) groups is 1. The Morgan fingerprint density at radius 3 is 2.30 bits per heavy atom. The second kappa shape index (κ2) is 14.8. The van der Waals surface area contributed by atoms with Gasteiger partial charge in [-0.1, -0.05) is 25.4 Å². The van der Waals surface area contributed by atoms with Crippen molar-refractivity contribution < 1.29 is 27.5 Å². The van der Waals surface area contributed by atoms with Crippen LogP contribution in [0.1, 0.15) is 51.5 Å². The SMILES string of the molecule is Cc1cc(C(=O)NCCOc2ccc(C(F)(F)F)cc2Cl)cc(C(N)=NCC(C)C)n1.NC(=O)c1ccncc1. The molecule has 2 aromatic heterocycles. The molecule has 214 valence electrons. The zero-order chi connectivity index (χ0) is 29.9. The number of halogens is 4. The van der Waals surface area contributed by atoms with Crippen molar-refractivity contribution in [1.29, 1.82) is 0 Å². The molecule has 0 aliphatic carbocycles. The summed E-state index contributed by atoms with van der Waals surface area (Å²) < 4.78 is 43.4. The van der Waals surface area contributed by atoms with Crippen LogP contribution in [0.2, 0.25) is 5.02 Å². The second-order valence-electron chi connectivity index (χ2n) is 8.85. The number of nitrogens with two attached hydrogens (primary N) is 2. The van der Waals surface area contributed by atoms with Crippen LogP contribution in [0.5, 0.6) is 5.75 Å². The molecule has 40 heavy (non-hydrogen) atoms. The van der Waals surface area contributed by atoms with E-state index in [2.05, 4.69) is 20.3 Å². The number of hydrogen-bond acceptors (Lipinski definition) is 6. The third kappa shape index (κ3) is 10.5. The molecule has 0 aliphatic rings. The molecule has 9 nitrogen and oxygen atoms in total. The van der Waals surface area contributed by atoms with Gasteiger partial charge in [-0.05, 0) is 55.3 Å². The van der Waals surface area contributed by atoms with E-state index in [1.807, 2.05) is 13.8 Å². The average Bonchev–Trinajstić information content (AvgIpc) is 2.90. The van der Waals surface area contributed by atoms with E-state index in [0.29, 0.717) is 35.0 Å². The van der Waals surface area contributed by atoms with Gasteiger partial charge in [0.1, 0.15) is 23.9 Å². The van der Waals surface area contributed by atoms with Gasteiger partial charge in [-0.15, -0.1) is 0 Å². The Morgan fingerprint density at radius 2 is 1.75 bits per heavy atom. The number of carbonyl (C=O) groups excluding carboxylic acids is 2. The number of pyridine rings is 2. The number of amidine groups is 1. The summed E-state index contributed by atoms with van der Waals surface area (Å²) in [5, 5.41) is 2.51. The number of aromatic nitrogens is 2. The highest BCUT2D eigenvalue weighted by Crippen LogP contribution is 2.34. The van der Waals surface area contributed by atoms with Gasteiger partial charge in [0.2, 0.25) is 5.91 Å². The zero-order valence-corrected chi connectivity index (χ0v) is 22.9. The number of rotatable bonds is 9. The first-order valence-corrected chi connectivity index (χ1v) is 12.4. The molecule has 0 atom stereocenters. The van der Waals surface area contributed by atoms with Crippen molar-refractivity contribution in [3.05, 3.63) is 88.0 Å². The van der Waals surface area contributed by atoms with E-state index >= 15 is 0 Å². The Bertz CT molecular complexity index is 1330. The maximum absolute atomic E-state index is 12.7. The molecule has 0 spiro atoms. The van der Waals surface area contributed by atoms with Gasteiger partial charge in [0.05, 0.1) is 17.1 Å². The number of ether oxygens (including phenoxy) is 1. The molecule has 0 saturated carbocycles. The summed E-state index contributed by atoms with van der Waals surface area (Å²) >= 11 is 5.84. The van der Waals surface area contributed by atoms with E-state index < -0.39 is 17.6 Å². The number of hydrogen-bond donors (Lipinski definition) is 3. The molecule has 0 aliphatic heterocycles. The normalized spacial score (nSPS) is 11.4. The van der Waals surface area contributed by atoms with E-state index in [1.54, 1.807) is 31.2 Å². The van der Waals surface area contributed by atoms with Crippen molar-refractivity contribution in [3.63, 3.8) is 0 Å². The van der Waals surface area contributed by atoms with Gasteiger partial charge in [0.15, 0.2) is 0 Å². The van der Waals surface area contributed by atoms with Gasteiger partial charge in [0, 0.05) is 35.8 Å². The molecular formula is C27H30ClF3N6O3. The van der Waals surface area contributed by atoms with Crippen LogP contribution in [0.15, 0.2) is 59.9 Å². The van der Waals surface area contributed by atoms with Crippen LogP contribution in [0, 0.1) is 12.8 Å². The molecule has 0 bridgehead atoms. The Morgan fingerprint density at radius 1 is 1.07 bits per heavy atom. The van der Waals surface area contributed by atoms with Gasteiger partial charge < -0.3 is 21.5 Å². The van der Waals surface area contributed by atoms with E-state index in [1.165, 1.54) is 12.4 Å². The van der Waals surface area contributed by atoms with Gasteiger partial charge in [-0.3, -0.25) is 19.6 Å². The molecule has 3 aromatic rings. The minimum absolute atomic E-state index is 0.0196. The lowest BCUT2D eigenvalue weighted by Gasteiger charge is -2.12. The summed E-state index contributed by atoms with van der Waals surface area (Å²) in [5.41, 5.74) is 11.9. The van der Waals surface area contributed by atoms with Gasteiger partial charge in [-0.2, -0.15) is 13.2 Å². The summed E-state index contributed by atoms with van der Waals surface area (Å²) in [4.78, 5) is 35.1. The zero-order valence-electron chi connectivity index (χ0n) is 22.1. The Kier molecular flexibility index (Phi) is 11.9. The fourth-order valence-corrected chi connectivity index (χ4v) is 3.27. The van der Waals surface area contributed by atoms with Crippen molar-refractivity contribution in [1.82, 2.24) is 15.3 Å². The number of nitrogens with zero attached hydrogens (tertiary/aromatic N) is 3. The maximum atomic E-state index is 12.7. The molecule has 0 radical (unpaired) electrons. The molecule has 5 N–H and O–H groups in total. The summed E-state index contributed by atoms with van der Waals surface area (Å²) in [6.45, 7) is 6.45. The molecule has 3 rings (SSSR count). The minimum Gasteiger partial charge on any atom is -0.490 e. The topological polar surface area (TPSA) is 146 Å². The van der Waals surface area contributed by atoms with Crippen molar-refractivity contribution in [2.24, 2.45) is 22.4 Å². The average molecular weight is 579 g/mol. The van der Waals surface area contributed by atoms with E-state index in [0.717, 1.165) is 18.2 Å². The molecule has 2 heterocycles. The van der Waals surface area contributed by atoms with Crippen LogP contribution in [0.3, 0.4) is 0 Å². The fraction of sp³-hybridized carbons (Fsp3) is 0.296. The predicted molar refractivity (Wildman–Crippen MR) is 146 cm³/mol. The highest BCUT2D eigenvalue weighted by atomic mass is 35.5. The molecular weight excluding hydrogens is 549 g/mol. The smallest absolute Gasteiger partial charge is 0.416 e. The number of aryl methyl sites for hydroxylation is 1. The number of nitrogens with one attached hydrogen (secondary N) is 1. The van der Waals surface area contributed by atoms with Crippen molar-refractivity contribution in [2.45, 2.75) is 26.9 Å². The van der Waals surface area contributed by atoms with Crippen molar-refractivity contribution in [3.8, 4) is 5.75 Å². The number of alkyl halides is 3. The highest BCUT2D eigenvalue weighted by molar-refractivity contribution is 6.32. The van der Waals surface area contributed by atoms with Crippen LogP contribution < -0.4 is 21.5 Å². The summed E-state index contributed by atoms with van der Waals surface area (Å²) in [6, 6.07) is 9.13. The van der Waals surface area contributed by atoms with Crippen LogP contribution in [0.4, 0.5) is 13.2 Å². The molecule has 0 saturated heterocycles. The van der Waals surface area contributed by atoms with Crippen molar-refractivity contribution >= 4 is 29.3 Å². The molecule has 2 amide bonds. The minimum atomic E-state index is -4.49. The summed E-state index contributed by atoms with van der Waals surface area (Å²) in [5.74, 6) is -0.0981. The number of carbonyl (C=O) groups is 2. The lowest BCUT2D eigenvalue weighted by molar-refractivity contribution is -0.137. The second-order valence-corrected chi connectivity index (χ2v) is 9.26. The van der Waals surface area contributed by atoms with Gasteiger partial charge in [-0.25, -0.2) is 4.98 Å². The Labute approximate surface area is 234 Å². The third-order valence-corrected chi connectivity index (χ3v) is 5.27. The standard InChI is InChI=1S/C21H24ClF3N4O2.C6H6N2O/c1-12(2)11-28-19(26)17-9-14(8-13(3)29-17)20(30)27-6-7-31-18-5-4-15(10-16(18)22)21(23,24)25;7-6(9)5-1-3-8-4-2-5/h4-5,8-10,12H,6-7,11H2,1-3H3,(H2,26,28)(H,27,30);1-4H,(H2,7,9). The number of benzene rings is 1. The highest BCUT2D eigenvalue weighted by Gasteiger charge is 2.31. The molecule has 0 fully saturated rings. The lowest BCUT2D eigenvalue weighted by atomic mass is 10.1. The van der Waals surface area contributed by atoms with Crippen molar-refractivity contribution in [2.75, 3.05) is 19.7 Å². The van der Waals surface area contributed by atoms with E-state index in [4.69, 9.17) is 27.8 Å². The summed E-state index contributed by atoms with van der Waals surface area (Å²) in [6.07, 6.45) is -1.43. The van der Waals surface area contributed by atoms with E-state index in [9.17, 15) is 22.8 Å². The van der Waals surface area contributed by atoms with Crippen LogP contribution in [-0.2, 0) is 6.18 Å². The predicted octanol–water partition coefficient (Wildman–Crippen LogP) is 4.41. The first-order valence-electron chi connectivity index (χ1n) is 12.0. The van der Waals surface area contributed by atoms with Gasteiger partial charge >= 0.3 is 6.18 Å². The lowest BCUT2D eigenvalue weighted by Crippen LogP contribution is -2.29. The Hall–Kier alpha value is -4.19. The molecule has 13 heteroatoms. The molecule has 0 unspecified atom stereocenters. The number of primary amides is 1. The quantitative estimate of drug-likeness (QED) is 0.195. The third-order valence-electron chi connectivity index (χ3n) is 4.97. The van der Waals surface area contributed by atoms with E-state index in [-0.39, 0.29) is 35.7 Å². The fourth-order valence-electron chi connectivity index (χ4n) is 3.03. The van der Waals surface area contributed by atoms with Crippen LogP contribution in [-0.4, -0.2) is 47.3 Å². The first-order chi connectivity index (χ1) is 18.8. The summed E-state index contributed by atoms with van der Waals surface area (Å²) in [7, 11) is 0. The van der Waals surface area contributed by atoms with Gasteiger partial charge in [0.25, 0.3) is 5.91 Å². The number of amides is 2. The monoisotopic (exact) mass is 578 g/mol. The largest absolute Gasteiger partial charge is 0.490 e.